The van der Waals surface area contributed by atoms with Gasteiger partial charge in [-0.1, -0.05) is 53.1 Å². The van der Waals surface area contributed by atoms with Crippen LogP contribution in [-0.4, -0.2) is 20.2 Å². The Morgan fingerprint density at radius 1 is 0.484 bits per heavy atom. The molecule has 0 fully saturated rings. The fourth-order valence-corrected chi connectivity index (χ4v) is 4.40. The Morgan fingerprint density at radius 2 is 0.742 bits per heavy atom. The van der Waals surface area contributed by atoms with E-state index in [1.54, 1.807) is 0 Å². The van der Waals surface area contributed by atoms with Gasteiger partial charge in [0.25, 0.3) is 0 Å². The van der Waals surface area contributed by atoms with Gasteiger partial charge >= 0.3 is 0 Å². The van der Waals surface area contributed by atoms with Crippen molar-refractivity contribution in [3.05, 3.63) is 86.5 Å². The van der Waals surface area contributed by atoms with Gasteiger partial charge in [0.1, 0.15) is 17.2 Å². The van der Waals surface area contributed by atoms with Gasteiger partial charge in [0.05, 0.1) is 0 Å². The van der Waals surface area contributed by atoms with Crippen LogP contribution >= 0.6 is 0 Å². The molecule has 3 rings (SSSR count). The van der Waals surface area contributed by atoms with E-state index in [4.69, 9.17) is 0 Å². The van der Waals surface area contributed by atoms with Gasteiger partial charge in [-0.15, -0.1) is 0 Å². The van der Waals surface area contributed by atoms with Gasteiger partial charge in [-0.3, -0.25) is 4.90 Å². The van der Waals surface area contributed by atoms with E-state index in [1.807, 2.05) is 77.9 Å². The second-order valence-electron chi connectivity index (χ2n) is 8.91. The van der Waals surface area contributed by atoms with Crippen LogP contribution in [0.3, 0.4) is 0 Å². The molecule has 0 aromatic heterocycles. The van der Waals surface area contributed by atoms with Crippen LogP contribution in [0, 0.1) is 41.5 Å². The number of phenols is 3. The molecule has 0 aliphatic rings. The van der Waals surface area contributed by atoms with Crippen LogP contribution in [0.5, 0.6) is 17.2 Å². The molecule has 0 atom stereocenters. The number of rotatable bonds is 6. The summed E-state index contributed by atoms with van der Waals surface area (Å²) in [6.45, 7) is 13.3. The number of aromatic hydroxyl groups is 3. The van der Waals surface area contributed by atoms with Crippen molar-refractivity contribution in [1.82, 2.24) is 4.90 Å². The average Bonchev–Trinajstić information content (AvgIpc) is 2.67. The fourth-order valence-electron chi connectivity index (χ4n) is 4.40. The lowest BCUT2D eigenvalue weighted by molar-refractivity contribution is 0.237. The van der Waals surface area contributed by atoms with E-state index in [1.165, 1.54) is 0 Å². The molecule has 4 nitrogen and oxygen atoms in total. The summed E-state index contributed by atoms with van der Waals surface area (Å²) in [6, 6.07) is 11.9. The SMILES string of the molecule is Cc1cc(C)c(O)c(CN(Cc2cc(C)cc(C)c2O)Cc2cc(C)cc(C)c2O)c1. The highest BCUT2D eigenvalue weighted by molar-refractivity contribution is 5.45. The maximum absolute atomic E-state index is 10.7. The zero-order valence-electron chi connectivity index (χ0n) is 19.4. The molecule has 164 valence electrons. The molecular formula is C27H33NO3. The molecule has 3 N–H and O–H groups in total. The Morgan fingerprint density at radius 3 is 1.00 bits per heavy atom. The normalized spacial score (nSPS) is 11.3. The predicted molar refractivity (Wildman–Crippen MR) is 126 cm³/mol. The third-order valence-electron chi connectivity index (χ3n) is 5.75. The highest BCUT2D eigenvalue weighted by atomic mass is 16.3. The molecule has 0 radical (unpaired) electrons. The zero-order valence-corrected chi connectivity index (χ0v) is 19.4. The van der Waals surface area contributed by atoms with E-state index < -0.39 is 0 Å². The van der Waals surface area contributed by atoms with E-state index in [-0.39, 0.29) is 0 Å². The van der Waals surface area contributed by atoms with E-state index in [0.29, 0.717) is 36.9 Å². The third kappa shape index (κ3) is 5.20. The van der Waals surface area contributed by atoms with Crippen molar-refractivity contribution >= 4 is 0 Å². The minimum atomic E-state index is 0.296. The zero-order chi connectivity index (χ0) is 22.9. The number of aryl methyl sites for hydroxylation is 6. The van der Waals surface area contributed by atoms with Crippen LogP contribution in [0.2, 0.25) is 0 Å². The molecule has 0 aliphatic carbocycles. The van der Waals surface area contributed by atoms with Gasteiger partial charge < -0.3 is 15.3 Å². The third-order valence-corrected chi connectivity index (χ3v) is 5.75. The minimum Gasteiger partial charge on any atom is -0.507 e. The summed E-state index contributed by atoms with van der Waals surface area (Å²) >= 11 is 0. The first-order chi connectivity index (χ1) is 14.5. The first-order valence-corrected chi connectivity index (χ1v) is 10.6. The summed E-state index contributed by atoms with van der Waals surface area (Å²) in [5.74, 6) is 0.889. The molecule has 0 heterocycles. The van der Waals surface area contributed by atoms with Crippen molar-refractivity contribution in [2.24, 2.45) is 0 Å². The van der Waals surface area contributed by atoms with Gasteiger partial charge in [0.15, 0.2) is 0 Å². The van der Waals surface area contributed by atoms with Crippen molar-refractivity contribution in [1.29, 1.82) is 0 Å². The molecule has 0 unspecified atom stereocenters. The number of phenolic OH excluding ortho intramolecular Hbond substituents is 3. The number of hydrogen-bond donors (Lipinski definition) is 3. The van der Waals surface area contributed by atoms with Crippen LogP contribution in [0.4, 0.5) is 0 Å². The van der Waals surface area contributed by atoms with Crippen molar-refractivity contribution in [2.45, 2.75) is 61.2 Å². The lowest BCUT2D eigenvalue weighted by atomic mass is 10.0. The Bertz CT molecular complexity index is 977. The summed E-state index contributed by atoms with van der Waals surface area (Å²) in [4.78, 5) is 2.15. The molecule has 3 aromatic rings. The predicted octanol–water partition coefficient (Wildman–Crippen LogP) is 5.86. The highest BCUT2D eigenvalue weighted by Crippen LogP contribution is 2.31. The van der Waals surface area contributed by atoms with E-state index in [2.05, 4.69) is 4.90 Å². The number of hydrogen-bond acceptors (Lipinski definition) is 4. The number of nitrogens with zero attached hydrogens (tertiary/aromatic N) is 1. The van der Waals surface area contributed by atoms with Crippen molar-refractivity contribution in [3.8, 4) is 17.2 Å². The van der Waals surface area contributed by atoms with Crippen LogP contribution in [-0.2, 0) is 19.6 Å². The lowest BCUT2D eigenvalue weighted by Gasteiger charge is -2.25. The summed E-state index contributed by atoms with van der Waals surface area (Å²) in [5, 5.41) is 32.0. The first-order valence-electron chi connectivity index (χ1n) is 10.6. The lowest BCUT2D eigenvalue weighted by Crippen LogP contribution is -2.23. The highest BCUT2D eigenvalue weighted by Gasteiger charge is 2.17. The fraction of sp³-hybridized carbons (Fsp3) is 0.333. The molecular weight excluding hydrogens is 386 g/mol. The van der Waals surface area contributed by atoms with Crippen molar-refractivity contribution in [3.63, 3.8) is 0 Å². The molecule has 0 spiro atoms. The van der Waals surface area contributed by atoms with E-state index in [0.717, 1.165) is 50.1 Å². The standard InChI is InChI=1S/C27H33NO3/c1-16-7-19(4)25(29)22(10-16)13-28(14-23-11-17(2)8-20(5)26(23)30)15-24-12-18(3)9-21(6)27(24)31/h7-12,29-31H,13-15H2,1-6H3. The van der Waals surface area contributed by atoms with Crippen molar-refractivity contribution in [2.75, 3.05) is 0 Å². The Hall–Kier alpha value is -2.98. The van der Waals surface area contributed by atoms with Crippen LogP contribution < -0.4 is 0 Å². The Balaban J connectivity index is 2.02. The molecule has 4 heteroatoms. The molecule has 0 saturated heterocycles. The average molecular weight is 420 g/mol. The summed E-state index contributed by atoms with van der Waals surface area (Å²) in [6.07, 6.45) is 0. The topological polar surface area (TPSA) is 63.9 Å². The van der Waals surface area contributed by atoms with Gasteiger partial charge in [-0.2, -0.15) is 0 Å². The van der Waals surface area contributed by atoms with Gasteiger partial charge in [0, 0.05) is 36.3 Å². The molecule has 0 amide bonds. The molecule has 3 aromatic carbocycles. The largest absolute Gasteiger partial charge is 0.507 e. The molecule has 0 bridgehead atoms. The number of benzene rings is 3. The van der Waals surface area contributed by atoms with E-state index in [9.17, 15) is 15.3 Å². The van der Waals surface area contributed by atoms with Crippen LogP contribution in [0.1, 0.15) is 50.1 Å². The molecule has 0 saturated carbocycles. The molecule has 31 heavy (non-hydrogen) atoms. The second kappa shape index (κ2) is 9.03. The Kier molecular flexibility index (Phi) is 6.61. The summed E-state index contributed by atoms with van der Waals surface area (Å²) < 4.78 is 0. The molecule has 0 aliphatic heterocycles. The summed E-state index contributed by atoms with van der Waals surface area (Å²) in [5.41, 5.74) is 8.33. The first kappa shape index (κ1) is 22.7. The van der Waals surface area contributed by atoms with E-state index >= 15 is 0 Å². The van der Waals surface area contributed by atoms with Gasteiger partial charge in [-0.05, 0) is 58.2 Å². The van der Waals surface area contributed by atoms with Crippen molar-refractivity contribution < 1.29 is 15.3 Å². The summed E-state index contributed by atoms with van der Waals surface area (Å²) in [7, 11) is 0. The maximum Gasteiger partial charge on any atom is 0.122 e. The maximum atomic E-state index is 10.7. The van der Waals surface area contributed by atoms with Crippen LogP contribution in [0.15, 0.2) is 36.4 Å². The smallest absolute Gasteiger partial charge is 0.122 e. The monoisotopic (exact) mass is 419 g/mol. The van der Waals surface area contributed by atoms with Gasteiger partial charge in [0.2, 0.25) is 0 Å². The quantitative estimate of drug-likeness (QED) is 0.468. The second-order valence-corrected chi connectivity index (χ2v) is 8.91. The minimum absolute atomic E-state index is 0.296. The Labute approximate surface area is 185 Å². The van der Waals surface area contributed by atoms with Crippen LogP contribution in [0.25, 0.3) is 0 Å². The van der Waals surface area contributed by atoms with Gasteiger partial charge in [-0.25, -0.2) is 0 Å².